The molecule has 0 saturated heterocycles. The second-order valence-corrected chi connectivity index (χ2v) is 14.6. The molecule has 0 fully saturated rings. The topological polar surface area (TPSA) is 136 Å². The molecule has 40 heavy (non-hydrogen) atoms. The minimum Gasteiger partial charge on any atom is -0.463 e. The quantitative estimate of drug-likeness (QED) is 0.0549. The molecule has 0 aliphatic rings. The van der Waals surface area contributed by atoms with E-state index in [2.05, 4.69) is 24.9 Å². The van der Waals surface area contributed by atoms with Crippen LogP contribution >= 0.6 is 12.6 Å². The van der Waals surface area contributed by atoms with Crippen LogP contribution in [0.5, 0.6) is 0 Å². The molecule has 0 bridgehead atoms. The molecule has 0 spiro atoms. The molecule has 236 valence electrons. The zero-order chi connectivity index (χ0) is 31.0. The predicted molar refractivity (Wildman–Crippen MR) is 161 cm³/mol. The molecule has 0 aromatic heterocycles. The van der Waals surface area contributed by atoms with E-state index < -0.39 is 32.9 Å². The number of nitrogens with zero attached hydrogens (tertiary/aromatic N) is 1. The molecule has 1 amide bonds. The van der Waals surface area contributed by atoms with Crippen LogP contribution in [0.3, 0.4) is 0 Å². The van der Waals surface area contributed by atoms with Gasteiger partial charge in [-0.25, -0.2) is 0 Å². The smallest absolute Gasteiger partial charge is 0.311 e. The van der Waals surface area contributed by atoms with Crippen LogP contribution in [0.4, 0.5) is 0 Å². The average molecular weight is 612 g/mol. The second kappa shape index (κ2) is 18.2. The fourth-order valence-electron chi connectivity index (χ4n) is 4.50. The molecule has 2 N–H and O–H groups in total. The average Bonchev–Trinajstić information content (AvgIpc) is 2.83. The number of nitrogens with one attached hydrogen (secondary N) is 1. The highest BCUT2D eigenvalue weighted by Crippen LogP contribution is 2.38. The summed E-state index contributed by atoms with van der Waals surface area (Å²) in [6.45, 7) is 10.7. The van der Waals surface area contributed by atoms with Crippen molar-refractivity contribution in [3.63, 3.8) is 0 Å². The fourth-order valence-corrected chi connectivity index (χ4v) is 5.43. The van der Waals surface area contributed by atoms with Gasteiger partial charge in [0.1, 0.15) is 19.8 Å². The van der Waals surface area contributed by atoms with Crippen molar-refractivity contribution in [3.05, 3.63) is 0 Å². The molecule has 0 radical (unpaired) electrons. The Hall–Kier alpha value is -1.37. The van der Waals surface area contributed by atoms with Gasteiger partial charge in [0.05, 0.1) is 43.8 Å². The molecule has 0 aromatic rings. The van der Waals surface area contributed by atoms with Gasteiger partial charge in [0.15, 0.2) is 0 Å². The third kappa shape index (κ3) is 17.4. The summed E-state index contributed by atoms with van der Waals surface area (Å²) in [5.41, 5.74) is -1.84. The summed E-state index contributed by atoms with van der Waals surface area (Å²) in [6, 6.07) is 0. The Bertz CT molecular complexity index is 893. The van der Waals surface area contributed by atoms with Gasteiger partial charge in [-0.3, -0.25) is 18.9 Å². The molecule has 0 rings (SSSR count). The number of carbonyl (C=O) groups excluding carboxylic acids is 3. The number of thiol groups is 1. The number of unbranched alkanes of at least 4 members (excludes halogenated alkanes) is 1. The lowest BCUT2D eigenvalue weighted by molar-refractivity contribution is -0.890. The number of likely N-dealkylation sites (N-methyl/N-ethyl adjacent to an activating group) is 1. The first kappa shape index (κ1) is 38.6. The van der Waals surface area contributed by atoms with Crippen molar-refractivity contribution in [2.75, 3.05) is 52.7 Å². The van der Waals surface area contributed by atoms with Gasteiger partial charge in [0.2, 0.25) is 5.91 Å². The molecule has 0 aliphatic carbocycles. The predicted octanol–water partition coefficient (Wildman–Crippen LogP) is 4.03. The van der Waals surface area contributed by atoms with Crippen LogP contribution in [0.15, 0.2) is 0 Å². The Labute approximate surface area is 248 Å². The van der Waals surface area contributed by atoms with Gasteiger partial charge in [-0.1, -0.05) is 26.7 Å². The van der Waals surface area contributed by atoms with Crippen LogP contribution in [0.25, 0.3) is 0 Å². The maximum absolute atomic E-state index is 12.9. The summed E-state index contributed by atoms with van der Waals surface area (Å²) >= 11 is 4.54. The third-order valence-electron chi connectivity index (χ3n) is 7.22. The summed E-state index contributed by atoms with van der Waals surface area (Å²) in [5.74, 6) is -1.22. The zero-order valence-corrected chi connectivity index (χ0v) is 27.5. The van der Waals surface area contributed by atoms with E-state index in [1.54, 1.807) is 20.8 Å². The minimum absolute atomic E-state index is 0.0604. The molecule has 0 heterocycles. The maximum Gasteiger partial charge on any atom is 0.311 e. The summed E-state index contributed by atoms with van der Waals surface area (Å²) in [6.07, 6.45) is 6.37. The van der Waals surface area contributed by atoms with Crippen LogP contribution in [-0.4, -0.2) is 93.2 Å². The van der Waals surface area contributed by atoms with Crippen molar-refractivity contribution in [2.24, 2.45) is 10.8 Å². The monoisotopic (exact) mass is 611 g/mol. The second-order valence-electron chi connectivity index (χ2n) is 12.3. The van der Waals surface area contributed by atoms with Crippen LogP contribution in [-0.2, 0) is 34.0 Å². The SMILES string of the molecule is CCCC(S)CCCCC(=O)NCCOC(=O)C(C)(CC)CC(C)(C)C(=O)OCC[N+](C)(C)CCCS(=O)(=O)O. The Morgan fingerprint density at radius 3 is 2.15 bits per heavy atom. The first-order chi connectivity index (χ1) is 18.4. The van der Waals surface area contributed by atoms with Gasteiger partial charge in [-0.15, -0.1) is 0 Å². The van der Waals surface area contributed by atoms with E-state index in [1.165, 1.54) is 0 Å². The summed E-state index contributed by atoms with van der Waals surface area (Å²) in [4.78, 5) is 37.9. The molecular weight excluding hydrogens is 556 g/mol. The van der Waals surface area contributed by atoms with Gasteiger partial charge >= 0.3 is 11.9 Å². The number of rotatable bonds is 22. The van der Waals surface area contributed by atoms with E-state index >= 15 is 0 Å². The largest absolute Gasteiger partial charge is 0.463 e. The van der Waals surface area contributed by atoms with Crippen molar-refractivity contribution < 1.29 is 41.3 Å². The zero-order valence-electron chi connectivity index (χ0n) is 25.8. The van der Waals surface area contributed by atoms with Gasteiger partial charge in [-0.05, 0) is 52.9 Å². The van der Waals surface area contributed by atoms with Gasteiger partial charge in [0.25, 0.3) is 10.1 Å². The molecule has 2 unspecified atom stereocenters. The number of ether oxygens (including phenoxy) is 2. The van der Waals surface area contributed by atoms with Crippen LogP contribution in [0.2, 0.25) is 0 Å². The van der Waals surface area contributed by atoms with Crippen molar-refractivity contribution >= 4 is 40.6 Å². The lowest BCUT2D eigenvalue weighted by Crippen LogP contribution is -2.45. The normalized spacial score (nSPS) is 14.7. The van der Waals surface area contributed by atoms with Crippen molar-refractivity contribution in [1.82, 2.24) is 5.32 Å². The molecule has 0 aliphatic heterocycles. The Balaban J connectivity index is 4.55. The molecular formula is C28H55N2O8S2+. The number of esters is 2. The van der Waals surface area contributed by atoms with Crippen LogP contribution < -0.4 is 5.32 Å². The van der Waals surface area contributed by atoms with Gasteiger partial charge < -0.3 is 19.3 Å². The first-order valence-electron chi connectivity index (χ1n) is 14.4. The Morgan fingerprint density at radius 2 is 1.57 bits per heavy atom. The van der Waals surface area contributed by atoms with E-state index in [-0.39, 0.29) is 37.8 Å². The van der Waals surface area contributed by atoms with Crippen molar-refractivity contribution in [3.8, 4) is 0 Å². The molecule has 10 nitrogen and oxygen atoms in total. The molecule has 0 aromatic carbocycles. The summed E-state index contributed by atoms with van der Waals surface area (Å²) < 4.78 is 42.2. The first-order valence-corrected chi connectivity index (χ1v) is 16.6. The highest BCUT2D eigenvalue weighted by Gasteiger charge is 2.43. The highest BCUT2D eigenvalue weighted by molar-refractivity contribution is 7.85. The van der Waals surface area contributed by atoms with E-state index in [0.717, 1.165) is 32.1 Å². The van der Waals surface area contributed by atoms with Crippen LogP contribution in [0, 0.1) is 10.8 Å². The highest BCUT2D eigenvalue weighted by atomic mass is 32.2. The maximum atomic E-state index is 12.9. The number of hydrogen-bond donors (Lipinski definition) is 3. The van der Waals surface area contributed by atoms with E-state index in [4.69, 9.17) is 14.0 Å². The lowest BCUT2D eigenvalue weighted by atomic mass is 9.72. The Kier molecular flexibility index (Phi) is 17.6. The lowest BCUT2D eigenvalue weighted by Gasteiger charge is -2.34. The van der Waals surface area contributed by atoms with Crippen molar-refractivity contribution in [2.45, 2.75) is 97.7 Å². The number of amides is 1. The molecule has 0 saturated carbocycles. The molecule has 2 atom stereocenters. The summed E-state index contributed by atoms with van der Waals surface area (Å²) in [5, 5.41) is 3.17. The van der Waals surface area contributed by atoms with Gasteiger partial charge in [0, 0.05) is 18.1 Å². The fraction of sp³-hybridized carbons (Fsp3) is 0.893. The van der Waals surface area contributed by atoms with E-state index in [1.807, 2.05) is 21.0 Å². The van der Waals surface area contributed by atoms with E-state index in [9.17, 15) is 22.8 Å². The Morgan fingerprint density at radius 1 is 0.950 bits per heavy atom. The number of carbonyl (C=O) groups is 3. The third-order valence-corrected chi connectivity index (χ3v) is 8.54. The van der Waals surface area contributed by atoms with Gasteiger partial charge in [-0.2, -0.15) is 21.0 Å². The van der Waals surface area contributed by atoms with Crippen molar-refractivity contribution in [1.29, 1.82) is 0 Å². The number of hydrogen-bond acceptors (Lipinski definition) is 8. The summed E-state index contributed by atoms with van der Waals surface area (Å²) in [7, 11) is -0.219. The van der Waals surface area contributed by atoms with Crippen LogP contribution in [0.1, 0.15) is 92.4 Å². The minimum atomic E-state index is -4.00. The number of quaternary nitrogens is 1. The van der Waals surface area contributed by atoms with E-state index in [0.29, 0.717) is 42.1 Å². The molecule has 12 heteroatoms. The standard InChI is InChI=1S/C28H54N2O8S2/c1-8-13-23(39)14-10-11-15-24(31)29-16-19-37-26(33)28(5,9-2)22-27(3,4)25(32)38-20-18-30(6,7)17-12-21-40(34,35)36/h23H,8-22H2,1-7H3,(H2-,29,31,34,35,36,39)/p+1.